The second kappa shape index (κ2) is 7.56. The van der Waals surface area contributed by atoms with E-state index in [1.165, 1.54) is 5.56 Å². The molecule has 0 spiro atoms. The van der Waals surface area contributed by atoms with E-state index in [0.717, 1.165) is 55.2 Å². The van der Waals surface area contributed by atoms with Crippen LogP contribution in [-0.4, -0.2) is 23.6 Å². The Morgan fingerprint density at radius 1 is 1.15 bits per heavy atom. The molecule has 1 saturated carbocycles. The molecule has 3 nitrogen and oxygen atoms in total. The average Bonchev–Trinajstić information content (AvgIpc) is 2.71. The van der Waals surface area contributed by atoms with E-state index in [-0.39, 0.29) is 11.4 Å². The lowest BCUT2D eigenvalue weighted by atomic mass is 9.76. The van der Waals surface area contributed by atoms with Gasteiger partial charge in [0.1, 0.15) is 5.76 Å². The lowest BCUT2D eigenvalue weighted by Gasteiger charge is -2.37. The average molecular weight is 357 g/mol. The predicted octanol–water partition coefficient (Wildman–Crippen LogP) is 5.33. The summed E-state index contributed by atoms with van der Waals surface area (Å²) in [6.45, 7) is 6.34. The second-order valence-electron chi connectivity index (χ2n) is 8.12. The summed E-state index contributed by atoms with van der Waals surface area (Å²) in [6, 6.07) is 4.32. The van der Waals surface area contributed by atoms with Crippen molar-refractivity contribution in [3.8, 4) is 0 Å². The minimum absolute atomic E-state index is 0.0418. The number of hydrogen-bond donors (Lipinski definition) is 1. The number of ether oxygens (including phenoxy) is 1. The van der Waals surface area contributed by atoms with Gasteiger partial charge in [-0.3, -0.25) is 4.79 Å². The number of hydrogen-bond acceptors (Lipinski definition) is 3. The van der Waals surface area contributed by atoms with Crippen LogP contribution in [0, 0.1) is 12.8 Å². The molecule has 2 bridgehead atoms. The topological polar surface area (TPSA) is 46.5 Å². The zero-order valence-corrected chi connectivity index (χ0v) is 16.7. The fourth-order valence-electron chi connectivity index (χ4n) is 4.88. The molecule has 142 valence electrons. The molecule has 26 heavy (non-hydrogen) atoms. The normalized spacial score (nSPS) is 29.4. The third-order valence-electron chi connectivity index (χ3n) is 6.44. The van der Waals surface area contributed by atoms with Gasteiger partial charge < -0.3 is 9.84 Å². The van der Waals surface area contributed by atoms with E-state index in [1.54, 1.807) is 7.11 Å². The number of carbonyl (C=O) groups is 1. The molecular formula is C23H32O3. The number of aryl methyl sites for hydroxylation is 3. The summed E-state index contributed by atoms with van der Waals surface area (Å²) in [5, 5.41) is 11.0. The van der Waals surface area contributed by atoms with Gasteiger partial charge in [0.2, 0.25) is 0 Å². The maximum atomic E-state index is 13.4. The predicted molar refractivity (Wildman–Crippen MR) is 105 cm³/mol. The van der Waals surface area contributed by atoms with Gasteiger partial charge >= 0.3 is 0 Å². The molecule has 4 rings (SSSR count). The highest BCUT2D eigenvalue weighted by molar-refractivity contribution is 6.22. The lowest BCUT2D eigenvalue weighted by Crippen LogP contribution is -2.38. The number of benzene rings is 1. The zero-order valence-electron chi connectivity index (χ0n) is 16.7. The van der Waals surface area contributed by atoms with Crippen LogP contribution in [0.4, 0.5) is 0 Å². The number of carbonyl (C=O) groups excluding carboxylic acids is 1. The Balaban J connectivity index is 2.17. The van der Waals surface area contributed by atoms with Crippen molar-refractivity contribution in [2.24, 2.45) is 5.92 Å². The van der Waals surface area contributed by atoms with Gasteiger partial charge in [-0.1, -0.05) is 31.5 Å². The third kappa shape index (κ3) is 3.46. The minimum atomic E-state index is -0.354. The van der Waals surface area contributed by atoms with Crippen molar-refractivity contribution in [2.75, 3.05) is 7.11 Å². The van der Waals surface area contributed by atoms with E-state index in [4.69, 9.17) is 4.74 Å². The number of Topliss-reactive ketones (excluding diaryl/α,β-unsaturated/α-hetero) is 1. The monoisotopic (exact) mass is 356 g/mol. The third-order valence-corrected chi connectivity index (χ3v) is 6.44. The lowest BCUT2D eigenvalue weighted by molar-refractivity contribution is -0.122. The number of fused-ring (bicyclic) bond motifs is 5. The molecule has 0 amide bonds. The van der Waals surface area contributed by atoms with Crippen LogP contribution in [0.25, 0.3) is 5.57 Å². The van der Waals surface area contributed by atoms with E-state index in [2.05, 4.69) is 32.9 Å². The van der Waals surface area contributed by atoms with Gasteiger partial charge in [-0.15, -0.1) is 0 Å². The van der Waals surface area contributed by atoms with Crippen LogP contribution < -0.4 is 0 Å². The van der Waals surface area contributed by atoms with Gasteiger partial charge in [0.05, 0.1) is 11.2 Å². The van der Waals surface area contributed by atoms with Crippen molar-refractivity contribution < 1.29 is 14.6 Å². The quantitative estimate of drug-likeness (QED) is 0.793. The Labute approximate surface area is 157 Å². The summed E-state index contributed by atoms with van der Waals surface area (Å²) in [7, 11) is 1.73. The molecule has 0 atom stereocenters. The first kappa shape index (κ1) is 19.2. The fourth-order valence-corrected chi connectivity index (χ4v) is 4.88. The van der Waals surface area contributed by atoms with Crippen molar-refractivity contribution >= 4 is 11.4 Å². The second-order valence-corrected chi connectivity index (χ2v) is 8.12. The Morgan fingerprint density at radius 3 is 2.23 bits per heavy atom. The molecule has 3 aliphatic carbocycles. The van der Waals surface area contributed by atoms with E-state index < -0.39 is 0 Å². The summed E-state index contributed by atoms with van der Waals surface area (Å²) < 4.78 is 5.85. The highest BCUT2D eigenvalue weighted by Gasteiger charge is 2.41. The van der Waals surface area contributed by atoms with Gasteiger partial charge in [-0.05, 0) is 68.1 Å². The number of methoxy groups -OCH3 is 1. The molecule has 0 aliphatic heterocycles. The van der Waals surface area contributed by atoms with Crippen molar-refractivity contribution in [1.29, 1.82) is 0 Å². The van der Waals surface area contributed by atoms with Crippen LogP contribution in [0.3, 0.4) is 0 Å². The highest BCUT2D eigenvalue weighted by Crippen LogP contribution is 2.44. The van der Waals surface area contributed by atoms with E-state index in [9.17, 15) is 9.90 Å². The molecule has 3 heteroatoms. The molecule has 0 unspecified atom stereocenters. The van der Waals surface area contributed by atoms with Crippen molar-refractivity contribution in [1.82, 2.24) is 0 Å². The van der Waals surface area contributed by atoms with Gasteiger partial charge in [0.15, 0.2) is 5.78 Å². The molecule has 3 aliphatic rings. The fraction of sp³-hybridized carbons (Fsp3) is 0.609. The molecule has 1 aromatic carbocycles. The number of aliphatic hydroxyl groups excluding tert-OH is 1. The van der Waals surface area contributed by atoms with Gasteiger partial charge in [0, 0.05) is 20.0 Å². The summed E-state index contributed by atoms with van der Waals surface area (Å²) in [5.41, 5.74) is 4.73. The van der Waals surface area contributed by atoms with Gasteiger partial charge in [-0.25, -0.2) is 0 Å². The molecule has 0 saturated heterocycles. The van der Waals surface area contributed by atoms with Crippen LogP contribution in [0.15, 0.2) is 17.9 Å². The number of aliphatic hydroxyl groups is 1. The number of rotatable bonds is 4. The van der Waals surface area contributed by atoms with Crippen LogP contribution in [0.2, 0.25) is 0 Å². The number of ketones is 1. The standard InChI is InChI=1S/C23H32O3/c1-5-17-11-15(3)12-18(6-2)21(17)22-19(24)13-16-7-9-23(26-4,10-8-16)14-20(22)25/h11-12,16,24H,5-10,13-14H2,1-4H3/b22-19-/t16-,23-. The van der Waals surface area contributed by atoms with Crippen LogP contribution in [-0.2, 0) is 22.4 Å². The molecule has 0 radical (unpaired) electrons. The summed E-state index contributed by atoms with van der Waals surface area (Å²) >= 11 is 0. The first-order chi connectivity index (χ1) is 12.4. The maximum absolute atomic E-state index is 13.4. The van der Waals surface area contributed by atoms with E-state index >= 15 is 0 Å². The maximum Gasteiger partial charge on any atom is 0.169 e. The van der Waals surface area contributed by atoms with Crippen LogP contribution in [0.1, 0.15) is 74.6 Å². The molecule has 1 aromatic rings. The van der Waals surface area contributed by atoms with Crippen LogP contribution in [0.5, 0.6) is 0 Å². The number of allylic oxidation sites excluding steroid dienone is 2. The van der Waals surface area contributed by atoms with Gasteiger partial charge in [0.25, 0.3) is 0 Å². The Kier molecular flexibility index (Phi) is 5.57. The first-order valence-electron chi connectivity index (χ1n) is 10.1. The first-order valence-corrected chi connectivity index (χ1v) is 10.1. The Hall–Kier alpha value is -1.61. The van der Waals surface area contributed by atoms with Gasteiger partial charge in [-0.2, -0.15) is 0 Å². The largest absolute Gasteiger partial charge is 0.512 e. The molecule has 1 N–H and O–H groups in total. The Bertz CT molecular complexity index is 696. The van der Waals surface area contributed by atoms with Crippen molar-refractivity contribution in [3.05, 3.63) is 40.1 Å². The summed E-state index contributed by atoms with van der Waals surface area (Å²) in [4.78, 5) is 13.4. The molecule has 1 fully saturated rings. The van der Waals surface area contributed by atoms with Crippen molar-refractivity contribution in [2.45, 2.75) is 77.7 Å². The van der Waals surface area contributed by atoms with Crippen molar-refractivity contribution in [3.63, 3.8) is 0 Å². The van der Waals surface area contributed by atoms with E-state index in [0.29, 0.717) is 30.1 Å². The Morgan fingerprint density at radius 2 is 1.73 bits per heavy atom. The zero-order chi connectivity index (χ0) is 18.9. The smallest absolute Gasteiger partial charge is 0.169 e. The van der Waals surface area contributed by atoms with Crippen LogP contribution >= 0.6 is 0 Å². The van der Waals surface area contributed by atoms with E-state index in [1.807, 2.05) is 0 Å². The molecule has 0 aromatic heterocycles. The summed E-state index contributed by atoms with van der Waals surface area (Å²) in [5.74, 6) is 0.780. The molecule has 0 heterocycles. The summed E-state index contributed by atoms with van der Waals surface area (Å²) in [6.07, 6.45) is 6.56. The minimum Gasteiger partial charge on any atom is -0.512 e. The molecular weight excluding hydrogens is 324 g/mol. The highest BCUT2D eigenvalue weighted by atomic mass is 16.5. The SMILES string of the molecule is CCc1cc(C)cc(CC)c1/C1=C(\O)C[C@H]2CC[C@](OC)(CC2)CC1=O.